The molecule has 4 nitrogen and oxygen atoms in total. The Morgan fingerprint density at radius 1 is 1.35 bits per heavy atom. The molecular weight excluding hydrogens is 257 g/mol. The maximum Gasteiger partial charge on any atom is 0.217 e. The molecule has 0 aliphatic rings. The zero-order valence-corrected chi connectivity index (χ0v) is 11.2. The van der Waals surface area contributed by atoms with Gasteiger partial charge in [0.1, 0.15) is 5.82 Å². The van der Waals surface area contributed by atoms with Crippen LogP contribution in [-0.4, -0.2) is 15.9 Å². The number of amides is 1. The number of nitrogens with one attached hydrogen (secondary N) is 2. The Balaban J connectivity index is 2.24. The normalized spacial score (nSPS) is 12.8. The van der Waals surface area contributed by atoms with Gasteiger partial charge in [-0.05, 0) is 31.2 Å². The number of benzene rings is 1. The van der Waals surface area contributed by atoms with Crippen molar-refractivity contribution in [3.8, 4) is 0 Å². The molecule has 1 amide bonds. The number of carbonyl (C=O) groups excluding carboxylic acids is 1. The van der Waals surface area contributed by atoms with Gasteiger partial charge in [-0.15, -0.1) is 0 Å². The molecule has 0 spiro atoms. The number of aromatic nitrogens is 2. The number of hydrogen-bond acceptors (Lipinski definition) is 2. The van der Waals surface area contributed by atoms with E-state index < -0.39 is 0 Å². The number of H-pyrrole nitrogens is 1. The third-order valence-electron chi connectivity index (χ3n) is 3.34. The van der Waals surface area contributed by atoms with Crippen LogP contribution in [-0.2, 0) is 4.79 Å². The molecule has 5 heteroatoms. The van der Waals surface area contributed by atoms with Crippen molar-refractivity contribution in [3.05, 3.63) is 42.0 Å². The smallest absolute Gasteiger partial charge is 0.217 e. The number of carbonyl (C=O) groups is 1. The summed E-state index contributed by atoms with van der Waals surface area (Å²) in [6.07, 6.45) is 1.67. The molecule has 0 fully saturated rings. The molecule has 0 saturated carbocycles. The molecule has 3 aromatic rings. The Labute approximate surface area is 115 Å². The summed E-state index contributed by atoms with van der Waals surface area (Å²) >= 11 is 0. The van der Waals surface area contributed by atoms with Gasteiger partial charge >= 0.3 is 0 Å². The fraction of sp³-hybridized carbons (Fsp3) is 0.200. The second-order valence-corrected chi connectivity index (χ2v) is 4.86. The molecule has 0 aliphatic carbocycles. The van der Waals surface area contributed by atoms with Gasteiger partial charge in [-0.2, -0.15) is 0 Å². The SMILES string of the molecule is CC(=O)NC(C)c1nccc2c1[nH]c1ccc(F)cc12. The van der Waals surface area contributed by atoms with Gasteiger partial charge in [0.25, 0.3) is 0 Å². The fourth-order valence-electron chi connectivity index (χ4n) is 2.52. The molecular formula is C15H14FN3O. The second-order valence-electron chi connectivity index (χ2n) is 4.86. The van der Waals surface area contributed by atoms with Crippen LogP contribution in [0.2, 0.25) is 0 Å². The van der Waals surface area contributed by atoms with Gasteiger partial charge < -0.3 is 10.3 Å². The Morgan fingerprint density at radius 3 is 2.90 bits per heavy atom. The number of aromatic amines is 1. The Bertz CT molecular complexity index is 809. The van der Waals surface area contributed by atoms with Crippen molar-refractivity contribution in [1.29, 1.82) is 0 Å². The lowest BCUT2D eigenvalue weighted by Gasteiger charge is -2.12. The van der Waals surface area contributed by atoms with E-state index in [0.717, 1.165) is 27.5 Å². The monoisotopic (exact) mass is 271 g/mol. The number of hydrogen-bond donors (Lipinski definition) is 2. The Kier molecular flexibility index (Phi) is 2.89. The zero-order valence-electron chi connectivity index (χ0n) is 11.2. The number of halogens is 1. The van der Waals surface area contributed by atoms with E-state index in [1.54, 1.807) is 12.3 Å². The molecule has 2 aromatic heterocycles. The third-order valence-corrected chi connectivity index (χ3v) is 3.34. The largest absolute Gasteiger partial charge is 0.353 e. The van der Waals surface area contributed by atoms with Crippen molar-refractivity contribution < 1.29 is 9.18 Å². The van der Waals surface area contributed by atoms with Gasteiger partial charge in [-0.1, -0.05) is 0 Å². The van der Waals surface area contributed by atoms with Crippen LogP contribution in [0.5, 0.6) is 0 Å². The summed E-state index contributed by atoms with van der Waals surface area (Å²) in [5, 5.41) is 4.53. The van der Waals surface area contributed by atoms with E-state index in [9.17, 15) is 9.18 Å². The highest BCUT2D eigenvalue weighted by atomic mass is 19.1. The van der Waals surface area contributed by atoms with E-state index in [-0.39, 0.29) is 17.8 Å². The quantitative estimate of drug-likeness (QED) is 0.752. The minimum absolute atomic E-state index is 0.113. The van der Waals surface area contributed by atoms with Crippen molar-refractivity contribution in [1.82, 2.24) is 15.3 Å². The van der Waals surface area contributed by atoms with Crippen molar-refractivity contribution in [3.63, 3.8) is 0 Å². The van der Waals surface area contributed by atoms with Crippen LogP contribution in [0.15, 0.2) is 30.5 Å². The average molecular weight is 271 g/mol. The van der Waals surface area contributed by atoms with E-state index >= 15 is 0 Å². The molecule has 3 rings (SSSR count). The van der Waals surface area contributed by atoms with E-state index in [1.165, 1.54) is 19.1 Å². The van der Waals surface area contributed by atoms with Crippen LogP contribution in [0.25, 0.3) is 21.8 Å². The summed E-state index contributed by atoms with van der Waals surface area (Å²) in [6, 6.07) is 6.26. The molecule has 0 bridgehead atoms. The van der Waals surface area contributed by atoms with E-state index in [0.29, 0.717) is 0 Å². The maximum absolute atomic E-state index is 13.4. The maximum atomic E-state index is 13.4. The summed E-state index contributed by atoms with van der Waals surface area (Å²) in [5.74, 6) is -0.384. The minimum Gasteiger partial charge on any atom is -0.353 e. The van der Waals surface area contributed by atoms with Crippen LogP contribution < -0.4 is 5.32 Å². The first-order valence-electron chi connectivity index (χ1n) is 6.39. The highest BCUT2D eigenvalue weighted by Gasteiger charge is 2.15. The van der Waals surface area contributed by atoms with Crippen molar-refractivity contribution in [2.24, 2.45) is 0 Å². The van der Waals surface area contributed by atoms with E-state index in [2.05, 4.69) is 15.3 Å². The first kappa shape index (κ1) is 12.6. The molecule has 1 aromatic carbocycles. The summed E-state index contributed by atoms with van der Waals surface area (Å²) in [7, 11) is 0. The van der Waals surface area contributed by atoms with Crippen LogP contribution in [0.3, 0.4) is 0 Å². The van der Waals surface area contributed by atoms with Crippen molar-refractivity contribution in [2.75, 3.05) is 0 Å². The number of fused-ring (bicyclic) bond motifs is 3. The lowest BCUT2D eigenvalue weighted by molar-refractivity contribution is -0.119. The molecule has 1 atom stereocenters. The first-order chi connectivity index (χ1) is 9.56. The van der Waals surface area contributed by atoms with Crippen LogP contribution in [0, 0.1) is 5.82 Å². The number of pyridine rings is 1. The molecule has 1 unspecified atom stereocenters. The molecule has 2 heterocycles. The van der Waals surface area contributed by atoms with E-state index in [1.807, 2.05) is 13.0 Å². The fourth-order valence-corrected chi connectivity index (χ4v) is 2.52. The summed E-state index contributed by atoms with van der Waals surface area (Å²) in [5.41, 5.74) is 2.43. The lowest BCUT2D eigenvalue weighted by atomic mass is 10.1. The Morgan fingerprint density at radius 2 is 2.15 bits per heavy atom. The highest BCUT2D eigenvalue weighted by Crippen LogP contribution is 2.29. The van der Waals surface area contributed by atoms with Crippen LogP contribution >= 0.6 is 0 Å². The van der Waals surface area contributed by atoms with Crippen molar-refractivity contribution >= 4 is 27.7 Å². The predicted octanol–water partition coefficient (Wildman–Crippen LogP) is 3.05. The molecule has 102 valence electrons. The molecule has 0 saturated heterocycles. The van der Waals surface area contributed by atoms with Gasteiger partial charge in [0.05, 0.1) is 17.3 Å². The van der Waals surface area contributed by atoms with Gasteiger partial charge in [0.15, 0.2) is 0 Å². The highest BCUT2D eigenvalue weighted by molar-refractivity contribution is 6.07. The Hall–Kier alpha value is -2.43. The third kappa shape index (κ3) is 2.01. The number of nitrogens with zero attached hydrogens (tertiary/aromatic N) is 1. The molecule has 0 radical (unpaired) electrons. The van der Waals surface area contributed by atoms with Gasteiger partial charge in [-0.25, -0.2) is 4.39 Å². The molecule has 2 N–H and O–H groups in total. The topological polar surface area (TPSA) is 57.8 Å². The molecule has 0 aliphatic heterocycles. The summed E-state index contributed by atoms with van der Waals surface area (Å²) in [6.45, 7) is 3.34. The van der Waals surface area contributed by atoms with E-state index in [4.69, 9.17) is 0 Å². The summed E-state index contributed by atoms with van der Waals surface area (Å²) in [4.78, 5) is 18.8. The summed E-state index contributed by atoms with van der Waals surface area (Å²) < 4.78 is 13.4. The zero-order chi connectivity index (χ0) is 14.3. The number of rotatable bonds is 2. The lowest BCUT2D eigenvalue weighted by Crippen LogP contribution is -2.24. The van der Waals surface area contributed by atoms with Gasteiger partial charge in [0, 0.05) is 29.4 Å². The minimum atomic E-state index is -0.272. The van der Waals surface area contributed by atoms with Gasteiger partial charge in [0.2, 0.25) is 5.91 Å². The average Bonchev–Trinajstić information content (AvgIpc) is 2.75. The standard InChI is InChI=1S/C15H14FN3O/c1-8(18-9(2)20)14-15-11(5-6-17-14)12-7-10(16)3-4-13(12)19-15/h3-8,19H,1-2H3,(H,18,20). The van der Waals surface area contributed by atoms with Gasteiger partial charge in [-0.3, -0.25) is 9.78 Å². The van der Waals surface area contributed by atoms with Crippen molar-refractivity contribution in [2.45, 2.75) is 19.9 Å². The van der Waals surface area contributed by atoms with Crippen LogP contribution in [0.4, 0.5) is 4.39 Å². The predicted molar refractivity (Wildman–Crippen MR) is 75.8 cm³/mol. The molecule has 20 heavy (non-hydrogen) atoms. The van der Waals surface area contributed by atoms with Crippen LogP contribution in [0.1, 0.15) is 25.6 Å². The second kappa shape index (κ2) is 4.59. The first-order valence-corrected chi connectivity index (χ1v) is 6.39.